The molecule has 1 N–H and O–H groups in total. The first-order chi connectivity index (χ1) is 5.29. The molecule has 0 spiro atoms. The summed E-state index contributed by atoms with van der Waals surface area (Å²) in [6.07, 6.45) is 3.00. The summed E-state index contributed by atoms with van der Waals surface area (Å²) >= 11 is 0. The van der Waals surface area contributed by atoms with Gasteiger partial charge in [0.05, 0.1) is 0 Å². The van der Waals surface area contributed by atoms with Crippen molar-refractivity contribution in [2.45, 2.75) is 0 Å². The maximum atomic E-state index is 9.94. The molecule has 11 heavy (non-hydrogen) atoms. The molecule has 54 valence electrons. The van der Waals surface area contributed by atoms with Crippen molar-refractivity contribution in [2.24, 2.45) is 0 Å². The van der Waals surface area contributed by atoms with Gasteiger partial charge in [0.25, 0.3) is 0 Å². The van der Waals surface area contributed by atoms with E-state index >= 15 is 0 Å². The smallest absolute Gasteiger partial charge is 0.382 e. The largest absolute Gasteiger partial charge is 0.472 e. The summed E-state index contributed by atoms with van der Waals surface area (Å²) in [5, 5.41) is 8.15. The van der Waals surface area contributed by atoms with Crippen LogP contribution >= 0.6 is 0 Å². The predicted octanol–water partition coefficient (Wildman–Crippen LogP) is -0.0873. The lowest BCUT2D eigenvalue weighted by Crippen LogP contribution is -1.90. The van der Waals surface area contributed by atoms with Crippen molar-refractivity contribution in [3.63, 3.8) is 0 Å². The fraction of sp³-hybridized carbons (Fsp3) is 0. The van der Waals surface area contributed by atoms with Gasteiger partial charge in [-0.3, -0.25) is 0 Å². The normalized spacial score (nSPS) is 8.00. The first kappa shape index (κ1) is 7.22. The number of rotatable bonds is 0. The van der Waals surface area contributed by atoms with Crippen LogP contribution in [-0.4, -0.2) is 21.0 Å². The highest BCUT2D eigenvalue weighted by Gasteiger charge is 1.87. The molecule has 0 bridgehead atoms. The molecule has 0 atom stereocenters. The number of hydrogen-bond acceptors (Lipinski definition) is 3. The molecule has 0 saturated heterocycles. The lowest BCUT2D eigenvalue weighted by Gasteiger charge is -1.82. The number of carbonyl (C=O) groups is 1. The Morgan fingerprint density at radius 1 is 1.45 bits per heavy atom. The van der Waals surface area contributed by atoms with Gasteiger partial charge in [-0.05, 0) is 12.0 Å². The second kappa shape index (κ2) is 3.32. The highest BCUT2D eigenvalue weighted by atomic mass is 16.4. The van der Waals surface area contributed by atoms with Crippen LogP contribution in [0.5, 0.6) is 0 Å². The van der Waals surface area contributed by atoms with Crippen LogP contribution in [0.2, 0.25) is 0 Å². The van der Waals surface area contributed by atoms with Crippen LogP contribution in [0.4, 0.5) is 0 Å². The van der Waals surface area contributed by atoms with Crippen LogP contribution in [0.15, 0.2) is 18.5 Å². The lowest BCUT2D eigenvalue weighted by atomic mass is 10.5. The molecule has 0 aliphatic carbocycles. The van der Waals surface area contributed by atoms with E-state index < -0.39 is 5.97 Å². The fourth-order valence-electron chi connectivity index (χ4n) is 0.473. The molecule has 0 saturated carbocycles. The van der Waals surface area contributed by atoms with Gasteiger partial charge in [0, 0.05) is 18.3 Å². The minimum absolute atomic E-state index is 0.218. The summed E-state index contributed by atoms with van der Waals surface area (Å²) in [7, 11) is 0. The summed E-state index contributed by atoms with van der Waals surface area (Å²) in [6, 6.07) is 1.63. The highest BCUT2D eigenvalue weighted by molar-refractivity contribution is 5.86. The van der Waals surface area contributed by atoms with Gasteiger partial charge in [-0.15, -0.1) is 0 Å². The van der Waals surface area contributed by atoms with E-state index in [1.165, 1.54) is 12.4 Å². The number of carboxylic acid groups (broad SMARTS) is 1. The zero-order valence-corrected chi connectivity index (χ0v) is 5.48. The van der Waals surface area contributed by atoms with Crippen LogP contribution in [0.3, 0.4) is 0 Å². The van der Waals surface area contributed by atoms with Crippen LogP contribution < -0.4 is 0 Å². The average molecular weight is 148 g/mol. The molecule has 0 aliphatic heterocycles. The summed E-state index contributed by atoms with van der Waals surface area (Å²) < 4.78 is 0. The number of aromatic nitrogens is 2. The van der Waals surface area contributed by atoms with Crippen molar-refractivity contribution < 1.29 is 9.90 Å². The topological polar surface area (TPSA) is 63.1 Å². The van der Waals surface area contributed by atoms with Crippen molar-refractivity contribution in [1.82, 2.24) is 9.97 Å². The van der Waals surface area contributed by atoms with Gasteiger partial charge < -0.3 is 5.11 Å². The summed E-state index contributed by atoms with van der Waals surface area (Å²) in [6.45, 7) is 0. The molecule has 1 aromatic heterocycles. The van der Waals surface area contributed by atoms with Crippen molar-refractivity contribution in [2.75, 3.05) is 0 Å². The van der Waals surface area contributed by atoms with Gasteiger partial charge in [0.2, 0.25) is 5.82 Å². The van der Waals surface area contributed by atoms with Gasteiger partial charge in [0.15, 0.2) is 0 Å². The van der Waals surface area contributed by atoms with Crippen LogP contribution in [0, 0.1) is 11.8 Å². The van der Waals surface area contributed by atoms with Gasteiger partial charge >= 0.3 is 5.97 Å². The van der Waals surface area contributed by atoms with Crippen molar-refractivity contribution >= 4 is 5.97 Å². The Kier molecular flexibility index (Phi) is 2.18. The minimum atomic E-state index is -1.18. The third-order valence-corrected chi connectivity index (χ3v) is 0.847. The average Bonchev–Trinajstić information content (AvgIpc) is 2.03. The van der Waals surface area contributed by atoms with E-state index in [-0.39, 0.29) is 5.82 Å². The maximum absolute atomic E-state index is 9.94. The van der Waals surface area contributed by atoms with Gasteiger partial charge in [-0.2, -0.15) is 0 Å². The summed E-state index contributed by atoms with van der Waals surface area (Å²) in [4.78, 5) is 17.3. The second-order valence-electron chi connectivity index (χ2n) is 1.63. The van der Waals surface area contributed by atoms with Crippen LogP contribution in [0.25, 0.3) is 0 Å². The molecule has 0 unspecified atom stereocenters. The minimum Gasteiger partial charge on any atom is -0.472 e. The van der Waals surface area contributed by atoms with E-state index in [0.29, 0.717) is 0 Å². The Bertz CT molecular complexity index is 310. The van der Waals surface area contributed by atoms with Crippen LogP contribution in [0.1, 0.15) is 5.82 Å². The molecular weight excluding hydrogens is 144 g/mol. The van der Waals surface area contributed by atoms with Crippen molar-refractivity contribution in [3.05, 3.63) is 24.3 Å². The summed E-state index contributed by atoms with van der Waals surface area (Å²) in [5.74, 6) is 3.21. The molecule has 0 aliphatic rings. The van der Waals surface area contributed by atoms with Crippen LogP contribution in [-0.2, 0) is 4.79 Å². The number of carboxylic acids is 1. The van der Waals surface area contributed by atoms with E-state index in [1.54, 1.807) is 6.07 Å². The Labute approximate surface area is 62.9 Å². The quantitative estimate of drug-likeness (QED) is 0.522. The van der Waals surface area contributed by atoms with E-state index in [1.807, 2.05) is 5.92 Å². The molecule has 1 heterocycles. The van der Waals surface area contributed by atoms with E-state index in [0.717, 1.165) is 0 Å². The van der Waals surface area contributed by atoms with Gasteiger partial charge in [-0.25, -0.2) is 14.8 Å². The molecular formula is C7H4N2O2. The highest BCUT2D eigenvalue weighted by Crippen LogP contribution is 1.81. The van der Waals surface area contributed by atoms with E-state index in [9.17, 15) is 4.79 Å². The van der Waals surface area contributed by atoms with Crippen molar-refractivity contribution in [1.29, 1.82) is 0 Å². The lowest BCUT2D eigenvalue weighted by molar-refractivity contribution is -0.130. The van der Waals surface area contributed by atoms with Gasteiger partial charge in [0.1, 0.15) is 0 Å². The molecule has 4 heteroatoms. The first-order valence-corrected chi connectivity index (χ1v) is 2.81. The molecule has 1 rings (SSSR count). The second-order valence-corrected chi connectivity index (χ2v) is 1.63. The van der Waals surface area contributed by atoms with Crippen molar-refractivity contribution in [3.8, 4) is 11.8 Å². The Hall–Kier alpha value is -1.89. The zero-order chi connectivity index (χ0) is 8.10. The standard InChI is InChI=1S/C7H4N2O2/c10-7(11)3-2-6-8-4-1-5-9-6/h1,4-5H,(H,10,11). The number of nitrogens with zero attached hydrogens (tertiary/aromatic N) is 2. The van der Waals surface area contributed by atoms with Gasteiger partial charge in [-0.1, -0.05) is 0 Å². The molecule has 1 aromatic rings. The summed E-state index contributed by atoms with van der Waals surface area (Å²) in [5.41, 5.74) is 0. The molecule has 0 amide bonds. The fourth-order valence-corrected chi connectivity index (χ4v) is 0.473. The number of aliphatic carboxylic acids is 1. The molecule has 0 aromatic carbocycles. The maximum Gasteiger partial charge on any atom is 0.382 e. The van der Waals surface area contributed by atoms with E-state index in [2.05, 4.69) is 15.9 Å². The van der Waals surface area contributed by atoms with E-state index in [4.69, 9.17) is 5.11 Å². The molecule has 0 fully saturated rings. The molecule has 4 nitrogen and oxygen atoms in total. The SMILES string of the molecule is O=C(O)C#Cc1ncccn1. The Balaban J connectivity index is 2.83. The third kappa shape index (κ3) is 2.45. The monoisotopic (exact) mass is 148 g/mol. The third-order valence-electron chi connectivity index (χ3n) is 0.847. The Morgan fingerprint density at radius 3 is 2.64 bits per heavy atom. The predicted molar refractivity (Wildman–Crippen MR) is 36.5 cm³/mol. The number of hydrogen-bond donors (Lipinski definition) is 1. The Morgan fingerprint density at radius 2 is 2.09 bits per heavy atom. The molecule has 0 radical (unpaired) electrons. The zero-order valence-electron chi connectivity index (χ0n) is 5.48. The first-order valence-electron chi connectivity index (χ1n) is 2.81.